The van der Waals surface area contributed by atoms with E-state index in [1.807, 2.05) is 6.20 Å². The molecule has 1 fully saturated rings. The van der Waals surface area contributed by atoms with Crippen molar-refractivity contribution in [2.75, 3.05) is 13.1 Å². The van der Waals surface area contributed by atoms with Crippen LogP contribution in [0.3, 0.4) is 0 Å². The highest BCUT2D eigenvalue weighted by atomic mass is 15.1. The zero-order valence-electron chi connectivity index (χ0n) is 14.7. The molecule has 1 aliphatic heterocycles. The van der Waals surface area contributed by atoms with Crippen LogP contribution in [0.1, 0.15) is 37.1 Å². The summed E-state index contributed by atoms with van der Waals surface area (Å²) in [6, 6.07) is 9.04. The number of nitrogens with zero attached hydrogens (tertiary/aromatic N) is 4. The second-order valence-corrected chi connectivity index (χ2v) is 6.97. The number of rotatable bonds is 4. The second-order valence-electron chi connectivity index (χ2n) is 6.97. The molecule has 126 valence electrons. The summed E-state index contributed by atoms with van der Waals surface area (Å²) in [5.74, 6) is 1.83. The minimum atomic E-state index is 0.562. The van der Waals surface area contributed by atoms with E-state index in [2.05, 4.69) is 69.6 Å². The average molecular weight is 322 g/mol. The molecule has 1 saturated heterocycles. The van der Waals surface area contributed by atoms with E-state index < -0.39 is 0 Å². The molecule has 0 bridgehead atoms. The number of likely N-dealkylation sites (tertiary alicyclic amines) is 1. The first-order chi connectivity index (χ1) is 11.7. The zero-order valence-corrected chi connectivity index (χ0v) is 14.7. The number of benzene rings is 1. The Kier molecular flexibility index (Phi) is 4.15. The van der Waals surface area contributed by atoms with Gasteiger partial charge in [0.15, 0.2) is 0 Å². The number of fused-ring (bicyclic) bond motifs is 1. The fourth-order valence-corrected chi connectivity index (χ4v) is 4.02. The standard InChI is InChI=1S/C20H26N4/c1-3-24-12-9-21-20(24)18-5-4-10-23(15-18)14-16-6-7-17-8-11-22(2)19(17)13-16/h6-9,11-13,18H,3-5,10,14-15H2,1-2H3. The molecule has 0 N–H and O–H groups in total. The van der Waals surface area contributed by atoms with Crippen LogP contribution < -0.4 is 0 Å². The highest BCUT2D eigenvalue weighted by molar-refractivity contribution is 5.80. The van der Waals surface area contributed by atoms with E-state index in [0.29, 0.717) is 5.92 Å². The lowest BCUT2D eigenvalue weighted by molar-refractivity contribution is 0.195. The lowest BCUT2D eigenvalue weighted by Crippen LogP contribution is -2.34. The summed E-state index contributed by atoms with van der Waals surface area (Å²) in [5, 5.41) is 1.32. The van der Waals surface area contributed by atoms with Crippen molar-refractivity contribution in [3.8, 4) is 0 Å². The minimum Gasteiger partial charge on any atom is -0.351 e. The number of hydrogen-bond donors (Lipinski definition) is 0. The Morgan fingerprint density at radius 1 is 1.21 bits per heavy atom. The monoisotopic (exact) mass is 322 g/mol. The van der Waals surface area contributed by atoms with Gasteiger partial charge in [0.25, 0.3) is 0 Å². The summed E-state index contributed by atoms with van der Waals surface area (Å²) in [4.78, 5) is 7.22. The van der Waals surface area contributed by atoms with Crippen LogP contribution in [0.15, 0.2) is 42.9 Å². The molecule has 3 aromatic rings. The van der Waals surface area contributed by atoms with Gasteiger partial charge in [0, 0.05) is 56.7 Å². The van der Waals surface area contributed by atoms with E-state index >= 15 is 0 Å². The van der Waals surface area contributed by atoms with Gasteiger partial charge in [-0.2, -0.15) is 0 Å². The fraction of sp³-hybridized carbons (Fsp3) is 0.450. The van der Waals surface area contributed by atoms with E-state index in [-0.39, 0.29) is 0 Å². The van der Waals surface area contributed by atoms with Crippen LogP contribution >= 0.6 is 0 Å². The maximum absolute atomic E-state index is 4.63. The van der Waals surface area contributed by atoms with E-state index in [1.54, 1.807) is 0 Å². The van der Waals surface area contributed by atoms with Crippen molar-refractivity contribution in [2.45, 2.75) is 38.8 Å². The highest BCUT2D eigenvalue weighted by Crippen LogP contribution is 2.27. The maximum atomic E-state index is 4.63. The summed E-state index contributed by atoms with van der Waals surface area (Å²) < 4.78 is 4.50. The predicted molar refractivity (Wildman–Crippen MR) is 98.1 cm³/mol. The summed E-state index contributed by atoms with van der Waals surface area (Å²) in [6.07, 6.45) is 8.70. The Bertz CT molecular complexity index is 829. The third kappa shape index (κ3) is 2.86. The fourth-order valence-electron chi connectivity index (χ4n) is 4.02. The normalized spacial score (nSPS) is 19.2. The molecular weight excluding hydrogens is 296 g/mol. The largest absolute Gasteiger partial charge is 0.351 e. The van der Waals surface area contributed by atoms with Gasteiger partial charge in [-0.1, -0.05) is 12.1 Å². The third-order valence-electron chi connectivity index (χ3n) is 5.32. The molecule has 3 heterocycles. The molecule has 0 spiro atoms. The van der Waals surface area contributed by atoms with E-state index in [4.69, 9.17) is 0 Å². The van der Waals surface area contributed by atoms with Gasteiger partial charge in [-0.3, -0.25) is 4.90 Å². The summed E-state index contributed by atoms with van der Waals surface area (Å²) in [7, 11) is 2.12. The Hall–Kier alpha value is -2.07. The maximum Gasteiger partial charge on any atom is 0.113 e. The molecule has 4 nitrogen and oxygen atoms in total. The van der Waals surface area contributed by atoms with E-state index in [0.717, 1.165) is 19.6 Å². The van der Waals surface area contributed by atoms with Crippen molar-refractivity contribution in [1.82, 2.24) is 19.0 Å². The first-order valence-corrected chi connectivity index (χ1v) is 9.02. The van der Waals surface area contributed by atoms with Crippen molar-refractivity contribution in [1.29, 1.82) is 0 Å². The molecule has 0 radical (unpaired) electrons. The molecule has 1 unspecified atom stereocenters. The van der Waals surface area contributed by atoms with Crippen LogP contribution in [-0.2, 0) is 20.1 Å². The van der Waals surface area contributed by atoms with Gasteiger partial charge in [0.05, 0.1) is 0 Å². The Morgan fingerprint density at radius 2 is 2.12 bits per heavy atom. The van der Waals surface area contributed by atoms with Crippen molar-refractivity contribution in [3.63, 3.8) is 0 Å². The molecular formula is C20H26N4. The van der Waals surface area contributed by atoms with Gasteiger partial charge in [0.1, 0.15) is 5.82 Å². The highest BCUT2D eigenvalue weighted by Gasteiger charge is 2.24. The molecule has 1 aliphatic rings. The number of piperidine rings is 1. The van der Waals surface area contributed by atoms with Crippen LogP contribution in [-0.4, -0.2) is 32.1 Å². The summed E-state index contributed by atoms with van der Waals surface area (Å²) in [5.41, 5.74) is 2.73. The lowest BCUT2D eigenvalue weighted by Gasteiger charge is -2.32. The van der Waals surface area contributed by atoms with Crippen LogP contribution in [0.2, 0.25) is 0 Å². The quantitative estimate of drug-likeness (QED) is 0.731. The third-order valence-corrected chi connectivity index (χ3v) is 5.32. The van der Waals surface area contributed by atoms with Crippen LogP contribution in [0.5, 0.6) is 0 Å². The van der Waals surface area contributed by atoms with Crippen LogP contribution in [0, 0.1) is 0 Å². The van der Waals surface area contributed by atoms with Crippen LogP contribution in [0.25, 0.3) is 10.9 Å². The topological polar surface area (TPSA) is 26.0 Å². The zero-order chi connectivity index (χ0) is 16.5. The molecule has 0 aliphatic carbocycles. The number of imidazole rings is 1. The van der Waals surface area contributed by atoms with Crippen molar-refractivity contribution < 1.29 is 0 Å². The second kappa shape index (κ2) is 6.44. The lowest BCUT2D eigenvalue weighted by atomic mass is 9.96. The van der Waals surface area contributed by atoms with Crippen molar-refractivity contribution in [3.05, 3.63) is 54.2 Å². The van der Waals surface area contributed by atoms with Crippen molar-refractivity contribution >= 4 is 10.9 Å². The Morgan fingerprint density at radius 3 is 3.00 bits per heavy atom. The molecule has 4 rings (SSSR count). The molecule has 1 aromatic carbocycles. The van der Waals surface area contributed by atoms with Gasteiger partial charge < -0.3 is 9.13 Å². The first-order valence-electron chi connectivity index (χ1n) is 9.02. The van der Waals surface area contributed by atoms with E-state index in [1.165, 1.54) is 41.7 Å². The van der Waals surface area contributed by atoms with Crippen LogP contribution in [0.4, 0.5) is 0 Å². The Labute approximate surface area is 143 Å². The Balaban J connectivity index is 1.50. The first kappa shape index (κ1) is 15.5. The van der Waals surface area contributed by atoms with Gasteiger partial charge in [-0.05, 0) is 49.4 Å². The molecule has 4 heteroatoms. The van der Waals surface area contributed by atoms with Crippen molar-refractivity contribution in [2.24, 2.45) is 7.05 Å². The van der Waals surface area contributed by atoms with Gasteiger partial charge >= 0.3 is 0 Å². The summed E-state index contributed by atoms with van der Waals surface area (Å²) in [6.45, 7) is 6.54. The number of aromatic nitrogens is 3. The SMILES string of the molecule is CCn1ccnc1C1CCCN(Cc2ccc3ccn(C)c3c2)C1. The van der Waals surface area contributed by atoms with E-state index in [9.17, 15) is 0 Å². The molecule has 24 heavy (non-hydrogen) atoms. The molecule has 0 amide bonds. The van der Waals surface area contributed by atoms with Gasteiger partial charge in [-0.25, -0.2) is 4.98 Å². The summed E-state index contributed by atoms with van der Waals surface area (Å²) >= 11 is 0. The minimum absolute atomic E-state index is 0.562. The number of hydrogen-bond acceptors (Lipinski definition) is 2. The molecule has 2 aromatic heterocycles. The predicted octanol–water partition coefficient (Wildman–Crippen LogP) is 3.77. The number of aryl methyl sites for hydroxylation is 2. The van der Waals surface area contributed by atoms with Gasteiger partial charge in [0.2, 0.25) is 0 Å². The van der Waals surface area contributed by atoms with Gasteiger partial charge in [-0.15, -0.1) is 0 Å². The average Bonchev–Trinajstić information content (AvgIpc) is 3.22. The molecule has 1 atom stereocenters. The smallest absolute Gasteiger partial charge is 0.113 e. The molecule has 0 saturated carbocycles.